The molecular weight excluding hydrogens is 242 g/mol. The molecule has 1 aromatic rings. The quantitative estimate of drug-likeness (QED) is 0.820. The van der Waals surface area contributed by atoms with Crippen LogP contribution in [0.5, 0.6) is 0 Å². The Kier molecular flexibility index (Phi) is 5.31. The van der Waals surface area contributed by atoms with Crippen LogP contribution in [0.3, 0.4) is 0 Å². The molecule has 1 rings (SSSR count). The molecule has 0 fully saturated rings. The van der Waals surface area contributed by atoms with Gasteiger partial charge in [-0.2, -0.15) is 0 Å². The maximum atomic E-state index is 11.6. The van der Waals surface area contributed by atoms with E-state index in [-0.39, 0.29) is 17.8 Å². The van der Waals surface area contributed by atoms with Crippen molar-refractivity contribution in [2.45, 2.75) is 20.3 Å². The van der Waals surface area contributed by atoms with Crippen molar-refractivity contribution in [3.8, 4) is 0 Å². The molecule has 1 amide bonds. The molecule has 0 aliphatic rings. The van der Waals surface area contributed by atoms with Crippen molar-refractivity contribution < 1.29 is 9.53 Å². The summed E-state index contributed by atoms with van der Waals surface area (Å²) in [6, 6.07) is 1.63. The molecule has 1 unspecified atom stereocenters. The second-order valence-corrected chi connectivity index (χ2v) is 4.36. The van der Waals surface area contributed by atoms with Crippen LogP contribution in [0.2, 0.25) is 5.15 Å². The molecular formula is C11H16ClN3O2. The Morgan fingerprint density at radius 2 is 2.29 bits per heavy atom. The fraction of sp³-hybridized carbons (Fsp3) is 0.545. The summed E-state index contributed by atoms with van der Waals surface area (Å²) in [7, 11) is 1.61. The summed E-state index contributed by atoms with van der Waals surface area (Å²) in [6.45, 7) is 4.27. The lowest BCUT2D eigenvalue weighted by molar-refractivity contribution is -0.117. The van der Waals surface area contributed by atoms with Gasteiger partial charge in [-0.05, 0) is 18.9 Å². The average Bonchev–Trinajstić information content (AvgIpc) is 2.14. The molecule has 94 valence electrons. The van der Waals surface area contributed by atoms with E-state index in [1.165, 1.54) is 0 Å². The fourth-order valence-electron chi connectivity index (χ4n) is 1.42. The van der Waals surface area contributed by atoms with Gasteiger partial charge in [0.1, 0.15) is 5.15 Å². The van der Waals surface area contributed by atoms with Gasteiger partial charge < -0.3 is 4.74 Å². The second kappa shape index (κ2) is 6.51. The highest BCUT2D eigenvalue weighted by molar-refractivity contribution is 6.29. The number of carbonyl (C=O) groups excluding carboxylic acids is 1. The summed E-state index contributed by atoms with van der Waals surface area (Å²) < 4.78 is 4.96. The van der Waals surface area contributed by atoms with Crippen molar-refractivity contribution in [2.75, 3.05) is 19.0 Å². The first-order valence-electron chi connectivity index (χ1n) is 5.31. The van der Waals surface area contributed by atoms with Gasteiger partial charge in [0.15, 0.2) is 0 Å². The number of hydrogen-bond acceptors (Lipinski definition) is 4. The van der Waals surface area contributed by atoms with Gasteiger partial charge in [0.25, 0.3) is 0 Å². The van der Waals surface area contributed by atoms with E-state index in [4.69, 9.17) is 16.3 Å². The van der Waals surface area contributed by atoms with Gasteiger partial charge in [0.05, 0.1) is 0 Å². The zero-order valence-corrected chi connectivity index (χ0v) is 10.9. The molecule has 0 bridgehead atoms. The third-order valence-electron chi connectivity index (χ3n) is 2.06. The van der Waals surface area contributed by atoms with Crippen molar-refractivity contribution in [2.24, 2.45) is 5.92 Å². The van der Waals surface area contributed by atoms with Crippen molar-refractivity contribution in [3.63, 3.8) is 0 Å². The topological polar surface area (TPSA) is 64.1 Å². The lowest BCUT2D eigenvalue weighted by atomic mass is 10.1. The average molecular weight is 258 g/mol. The van der Waals surface area contributed by atoms with Crippen LogP contribution < -0.4 is 5.32 Å². The van der Waals surface area contributed by atoms with E-state index in [0.717, 1.165) is 0 Å². The molecule has 5 nitrogen and oxygen atoms in total. The van der Waals surface area contributed by atoms with Crippen LogP contribution in [-0.2, 0) is 9.53 Å². The monoisotopic (exact) mass is 257 g/mol. The number of methoxy groups -OCH3 is 1. The summed E-state index contributed by atoms with van der Waals surface area (Å²) in [5, 5.41) is 2.93. The number of hydrogen-bond donors (Lipinski definition) is 1. The van der Waals surface area contributed by atoms with E-state index in [2.05, 4.69) is 15.3 Å². The van der Waals surface area contributed by atoms with Crippen LogP contribution in [-0.4, -0.2) is 29.6 Å². The van der Waals surface area contributed by atoms with Gasteiger partial charge in [-0.25, -0.2) is 9.97 Å². The first-order valence-corrected chi connectivity index (χ1v) is 5.69. The molecule has 1 aromatic heterocycles. The maximum Gasteiger partial charge on any atom is 0.231 e. The van der Waals surface area contributed by atoms with Crippen molar-refractivity contribution in [3.05, 3.63) is 16.9 Å². The summed E-state index contributed by atoms with van der Waals surface area (Å²) >= 11 is 5.77. The number of amides is 1. The molecule has 1 heterocycles. The number of carbonyl (C=O) groups is 1. The van der Waals surface area contributed by atoms with E-state index in [1.54, 1.807) is 20.1 Å². The summed E-state index contributed by atoms with van der Waals surface area (Å²) in [5.41, 5.74) is 0.713. The Balaban J connectivity index is 2.56. The van der Waals surface area contributed by atoms with Crippen LogP contribution in [0.4, 0.5) is 5.95 Å². The first kappa shape index (κ1) is 13.9. The zero-order valence-electron chi connectivity index (χ0n) is 10.2. The number of halogens is 1. The van der Waals surface area contributed by atoms with E-state index in [0.29, 0.717) is 23.9 Å². The third-order valence-corrected chi connectivity index (χ3v) is 2.25. The Morgan fingerprint density at radius 1 is 1.59 bits per heavy atom. The van der Waals surface area contributed by atoms with Crippen molar-refractivity contribution >= 4 is 23.5 Å². The van der Waals surface area contributed by atoms with E-state index >= 15 is 0 Å². The molecule has 0 spiro atoms. The Hall–Kier alpha value is -1.20. The number of anilines is 1. The molecule has 0 aliphatic carbocycles. The molecule has 1 atom stereocenters. The SMILES string of the molecule is COCC(C)CC(=O)Nc1nc(C)cc(Cl)n1. The summed E-state index contributed by atoms with van der Waals surface area (Å²) in [5.74, 6) is 0.251. The molecule has 0 saturated heterocycles. The van der Waals surface area contributed by atoms with Gasteiger partial charge >= 0.3 is 0 Å². The predicted octanol–water partition coefficient (Wildman–Crippen LogP) is 2.05. The highest BCUT2D eigenvalue weighted by Crippen LogP contribution is 2.10. The van der Waals surface area contributed by atoms with Gasteiger partial charge in [-0.1, -0.05) is 18.5 Å². The predicted molar refractivity (Wildman–Crippen MR) is 66.1 cm³/mol. The minimum absolute atomic E-state index is 0.142. The summed E-state index contributed by atoms with van der Waals surface area (Å²) in [6.07, 6.45) is 0.364. The zero-order chi connectivity index (χ0) is 12.8. The third kappa shape index (κ3) is 5.10. The van der Waals surface area contributed by atoms with E-state index < -0.39 is 0 Å². The normalized spacial score (nSPS) is 12.2. The molecule has 0 aromatic carbocycles. The van der Waals surface area contributed by atoms with Crippen LogP contribution in [0.25, 0.3) is 0 Å². The minimum Gasteiger partial charge on any atom is -0.384 e. The molecule has 0 saturated carbocycles. The number of aromatic nitrogens is 2. The molecule has 6 heteroatoms. The number of aryl methyl sites for hydroxylation is 1. The number of nitrogens with zero attached hydrogens (tertiary/aromatic N) is 2. The molecule has 0 aliphatic heterocycles. The van der Waals surface area contributed by atoms with Crippen LogP contribution >= 0.6 is 11.6 Å². The Morgan fingerprint density at radius 3 is 2.88 bits per heavy atom. The standard InChI is InChI=1S/C11H16ClN3O2/c1-7(6-17-3)4-10(16)15-11-13-8(2)5-9(12)14-11/h5,7H,4,6H2,1-3H3,(H,13,14,15,16). The maximum absolute atomic E-state index is 11.6. The van der Waals surface area contributed by atoms with Gasteiger partial charge in [0, 0.05) is 25.8 Å². The summed E-state index contributed by atoms with van der Waals surface area (Å²) in [4.78, 5) is 19.6. The first-order chi connectivity index (χ1) is 8.01. The lowest BCUT2D eigenvalue weighted by Gasteiger charge is -2.09. The Bertz CT molecular complexity index is 378. The largest absolute Gasteiger partial charge is 0.384 e. The van der Waals surface area contributed by atoms with Crippen molar-refractivity contribution in [1.29, 1.82) is 0 Å². The van der Waals surface area contributed by atoms with E-state index in [9.17, 15) is 4.79 Å². The van der Waals surface area contributed by atoms with Crippen LogP contribution in [0.15, 0.2) is 6.07 Å². The van der Waals surface area contributed by atoms with E-state index in [1.807, 2.05) is 6.92 Å². The number of rotatable bonds is 5. The minimum atomic E-state index is -0.142. The number of ether oxygens (including phenoxy) is 1. The van der Waals surface area contributed by atoms with Crippen LogP contribution in [0, 0.1) is 12.8 Å². The smallest absolute Gasteiger partial charge is 0.231 e. The molecule has 17 heavy (non-hydrogen) atoms. The molecule has 1 N–H and O–H groups in total. The van der Waals surface area contributed by atoms with Crippen LogP contribution in [0.1, 0.15) is 19.0 Å². The second-order valence-electron chi connectivity index (χ2n) is 3.97. The van der Waals surface area contributed by atoms with Gasteiger partial charge in [-0.3, -0.25) is 10.1 Å². The highest BCUT2D eigenvalue weighted by Gasteiger charge is 2.10. The van der Waals surface area contributed by atoms with Gasteiger partial charge in [0.2, 0.25) is 11.9 Å². The fourth-order valence-corrected chi connectivity index (χ4v) is 1.66. The lowest BCUT2D eigenvalue weighted by Crippen LogP contribution is -2.19. The highest BCUT2D eigenvalue weighted by atomic mass is 35.5. The Labute approximate surface area is 106 Å². The van der Waals surface area contributed by atoms with Crippen molar-refractivity contribution in [1.82, 2.24) is 9.97 Å². The number of nitrogens with one attached hydrogen (secondary N) is 1. The van der Waals surface area contributed by atoms with Gasteiger partial charge in [-0.15, -0.1) is 0 Å². The molecule has 0 radical (unpaired) electrons.